The van der Waals surface area contributed by atoms with Gasteiger partial charge in [-0.15, -0.1) is 0 Å². The van der Waals surface area contributed by atoms with E-state index in [9.17, 15) is 13.6 Å². The van der Waals surface area contributed by atoms with Crippen molar-refractivity contribution in [3.63, 3.8) is 0 Å². The van der Waals surface area contributed by atoms with E-state index >= 15 is 0 Å². The molecule has 0 unspecified atom stereocenters. The van der Waals surface area contributed by atoms with Gasteiger partial charge in [-0.25, -0.2) is 18.6 Å². The van der Waals surface area contributed by atoms with E-state index in [2.05, 4.69) is 4.98 Å². The Labute approximate surface area is 83.8 Å². The van der Waals surface area contributed by atoms with Crippen molar-refractivity contribution >= 4 is 5.97 Å². The van der Waals surface area contributed by atoms with Crippen molar-refractivity contribution in [2.75, 3.05) is 0 Å². The normalized spacial score (nSPS) is 10.1. The average molecular weight is 212 g/mol. The Morgan fingerprint density at radius 3 is 2.67 bits per heavy atom. The molecule has 1 N–H and O–H groups in total. The molecule has 0 saturated heterocycles. The molecule has 78 valence electrons. The molecule has 0 spiro atoms. The number of alkyl halides is 2. The molecule has 0 aliphatic heterocycles. The molecule has 6 heteroatoms. The number of aryl methyl sites for hydroxylation is 1. The molecule has 0 saturated carbocycles. The predicted octanol–water partition coefficient (Wildman–Crippen LogP) is 1.90. The Morgan fingerprint density at radius 1 is 1.67 bits per heavy atom. The number of carboxylic acids is 1. The molecule has 0 fully saturated rings. The summed E-state index contributed by atoms with van der Waals surface area (Å²) < 4.78 is 24.7. The van der Waals surface area contributed by atoms with Gasteiger partial charge in [0.25, 0.3) is 6.43 Å². The third-order valence-electron chi connectivity index (χ3n) is 1.80. The van der Waals surface area contributed by atoms with Gasteiger partial charge < -0.3 is 5.11 Å². The fourth-order valence-electron chi connectivity index (χ4n) is 1.10. The molecular weight excluding hydrogens is 206 g/mol. The van der Waals surface area contributed by atoms with Gasteiger partial charge in [-0.2, -0.15) is 5.26 Å². The minimum atomic E-state index is -2.89. The Kier molecular flexibility index (Phi) is 2.95. The number of halogens is 2. The average Bonchev–Trinajstić information content (AvgIpc) is 2.16. The zero-order valence-electron chi connectivity index (χ0n) is 7.66. The molecular formula is C9H6F2N2O2. The highest BCUT2D eigenvalue weighted by Gasteiger charge is 2.19. The van der Waals surface area contributed by atoms with Crippen molar-refractivity contribution in [2.45, 2.75) is 13.3 Å². The molecule has 0 radical (unpaired) electrons. The number of aromatic carboxylic acids is 1. The lowest BCUT2D eigenvalue weighted by atomic mass is 10.1. The zero-order chi connectivity index (χ0) is 11.6. The summed E-state index contributed by atoms with van der Waals surface area (Å²) in [6.45, 7) is 1.30. The molecule has 1 aromatic heterocycles. The first-order chi connectivity index (χ1) is 6.97. The third-order valence-corrected chi connectivity index (χ3v) is 1.80. The largest absolute Gasteiger partial charge is 0.478 e. The molecule has 0 aromatic carbocycles. The monoisotopic (exact) mass is 212 g/mol. The first-order valence-electron chi connectivity index (χ1n) is 3.90. The first kappa shape index (κ1) is 11.0. The van der Waals surface area contributed by atoms with Crippen LogP contribution >= 0.6 is 0 Å². The maximum Gasteiger partial charge on any atom is 0.337 e. The van der Waals surface area contributed by atoms with Crippen LogP contribution in [0.5, 0.6) is 0 Å². The van der Waals surface area contributed by atoms with Gasteiger partial charge in [-0.05, 0) is 13.0 Å². The van der Waals surface area contributed by atoms with Gasteiger partial charge in [0.1, 0.15) is 11.8 Å². The number of hydrogen-bond acceptors (Lipinski definition) is 3. The van der Waals surface area contributed by atoms with Gasteiger partial charge in [0, 0.05) is 0 Å². The maximum absolute atomic E-state index is 12.4. The number of hydrogen-bond donors (Lipinski definition) is 1. The predicted molar refractivity (Wildman–Crippen MR) is 45.6 cm³/mol. The van der Waals surface area contributed by atoms with Gasteiger partial charge in [0.2, 0.25) is 0 Å². The summed E-state index contributed by atoms with van der Waals surface area (Å²) in [6, 6.07) is 2.40. The molecule has 0 atom stereocenters. The Balaban J connectivity index is 3.44. The van der Waals surface area contributed by atoms with E-state index in [4.69, 9.17) is 10.4 Å². The van der Waals surface area contributed by atoms with Crippen LogP contribution in [0.25, 0.3) is 0 Å². The number of pyridine rings is 1. The second kappa shape index (κ2) is 4.00. The minimum Gasteiger partial charge on any atom is -0.478 e. The highest BCUT2D eigenvalue weighted by Crippen LogP contribution is 2.22. The molecule has 0 amide bonds. The van der Waals surface area contributed by atoms with Crippen molar-refractivity contribution in [3.05, 3.63) is 28.6 Å². The summed E-state index contributed by atoms with van der Waals surface area (Å²) in [6.07, 6.45) is -2.89. The SMILES string of the molecule is Cc1nc(C(F)F)c(C#N)cc1C(=O)O. The fourth-order valence-corrected chi connectivity index (χ4v) is 1.10. The first-order valence-corrected chi connectivity index (χ1v) is 3.90. The molecule has 1 aromatic rings. The second-order valence-electron chi connectivity index (χ2n) is 2.77. The van der Waals surface area contributed by atoms with Crippen LogP contribution in [-0.2, 0) is 0 Å². The Hall–Kier alpha value is -2.03. The topological polar surface area (TPSA) is 74.0 Å². The van der Waals surface area contributed by atoms with Crippen molar-refractivity contribution < 1.29 is 18.7 Å². The summed E-state index contributed by atoms with van der Waals surface area (Å²) in [5.74, 6) is -1.29. The van der Waals surface area contributed by atoms with Gasteiger partial charge in [0.15, 0.2) is 0 Å². The van der Waals surface area contributed by atoms with E-state index < -0.39 is 23.7 Å². The van der Waals surface area contributed by atoms with Crippen molar-refractivity contribution in [1.29, 1.82) is 5.26 Å². The molecule has 0 aliphatic rings. The van der Waals surface area contributed by atoms with Crippen LogP contribution in [0.2, 0.25) is 0 Å². The van der Waals surface area contributed by atoms with E-state index in [0.29, 0.717) is 0 Å². The maximum atomic E-state index is 12.4. The molecule has 1 heterocycles. The number of carbonyl (C=O) groups is 1. The Morgan fingerprint density at radius 2 is 2.27 bits per heavy atom. The van der Waals surface area contributed by atoms with Crippen LogP contribution < -0.4 is 0 Å². The van der Waals surface area contributed by atoms with Crippen LogP contribution in [0.1, 0.15) is 33.7 Å². The summed E-state index contributed by atoms with van der Waals surface area (Å²) >= 11 is 0. The number of nitrogens with zero attached hydrogens (tertiary/aromatic N) is 2. The highest BCUT2D eigenvalue weighted by atomic mass is 19.3. The molecule has 1 rings (SSSR count). The van der Waals surface area contributed by atoms with Crippen LogP contribution in [0.3, 0.4) is 0 Å². The van der Waals surface area contributed by atoms with Crippen LogP contribution in [0.4, 0.5) is 8.78 Å². The molecule has 4 nitrogen and oxygen atoms in total. The van der Waals surface area contributed by atoms with Crippen molar-refractivity contribution in [2.24, 2.45) is 0 Å². The van der Waals surface area contributed by atoms with Gasteiger partial charge >= 0.3 is 5.97 Å². The van der Waals surface area contributed by atoms with E-state index in [1.165, 1.54) is 13.0 Å². The smallest absolute Gasteiger partial charge is 0.337 e. The van der Waals surface area contributed by atoms with Crippen molar-refractivity contribution in [3.8, 4) is 6.07 Å². The lowest BCUT2D eigenvalue weighted by molar-refractivity contribution is 0.0694. The summed E-state index contributed by atoms with van der Waals surface area (Å²) in [5, 5.41) is 17.2. The van der Waals surface area contributed by atoms with Crippen LogP contribution in [0, 0.1) is 18.3 Å². The van der Waals surface area contributed by atoms with Gasteiger partial charge in [0.05, 0.1) is 16.8 Å². The molecule has 0 aliphatic carbocycles. The van der Waals surface area contributed by atoms with Gasteiger partial charge in [-0.1, -0.05) is 0 Å². The standard InChI is InChI=1S/C9H6F2N2O2/c1-4-6(9(14)15)2-5(3-12)7(13-4)8(10)11/h2,8H,1H3,(H,14,15). The van der Waals surface area contributed by atoms with Gasteiger partial charge in [-0.3, -0.25) is 0 Å². The summed E-state index contributed by atoms with van der Waals surface area (Å²) in [4.78, 5) is 14.0. The van der Waals surface area contributed by atoms with Crippen LogP contribution in [0.15, 0.2) is 6.07 Å². The number of nitriles is 1. The summed E-state index contributed by atoms with van der Waals surface area (Å²) in [5.41, 5.74) is -1.36. The highest BCUT2D eigenvalue weighted by molar-refractivity contribution is 5.89. The number of carboxylic acid groups (broad SMARTS) is 1. The second-order valence-corrected chi connectivity index (χ2v) is 2.77. The van der Waals surface area contributed by atoms with Crippen LogP contribution in [-0.4, -0.2) is 16.1 Å². The van der Waals surface area contributed by atoms with E-state index in [0.717, 1.165) is 6.07 Å². The Bertz CT molecular complexity index is 452. The van der Waals surface area contributed by atoms with E-state index in [1.807, 2.05) is 0 Å². The van der Waals surface area contributed by atoms with E-state index in [-0.39, 0.29) is 11.3 Å². The molecule has 0 bridgehead atoms. The number of rotatable bonds is 2. The molecule has 15 heavy (non-hydrogen) atoms. The quantitative estimate of drug-likeness (QED) is 0.812. The van der Waals surface area contributed by atoms with Crippen molar-refractivity contribution in [1.82, 2.24) is 4.98 Å². The fraction of sp³-hybridized carbons (Fsp3) is 0.222. The lowest BCUT2D eigenvalue weighted by Gasteiger charge is -2.05. The third kappa shape index (κ3) is 2.07. The lowest BCUT2D eigenvalue weighted by Crippen LogP contribution is -2.06. The summed E-state index contributed by atoms with van der Waals surface area (Å²) in [7, 11) is 0. The minimum absolute atomic E-state index is 0.0307. The van der Waals surface area contributed by atoms with E-state index in [1.54, 1.807) is 0 Å². The zero-order valence-corrected chi connectivity index (χ0v) is 7.66. The number of aromatic nitrogens is 1.